The van der Waals surface area contributed by atoms with Gasteiger partial charge in [-0.3, -0.25) is 4.79 Å². The standard InChI is InChI=1S/C18H24BrNOS/c1-12(2)11-13(3)14-7-4-5-9-16(14)20-18(21)15-8-6-10-22-17(15)19/h4-5,7,9,12-13H,6,8,10-11H2,1-3H3,(H,20,21). The maximum absolute atomic E-state index is 12.6. The van der Waals surface area contributed by atoms with Gasteiger partial charge in [-0.05, 0) is 64.4 Å². The number of hydrogen-bond acceptors (Lipinski definition) is 2. The Labute approximate surface area is 146 Å². The largest absolute Gasteiger partial charge is 0.322 e. The van der Waals surface area contributed by atoms with E-state index in [0.717, 1.165) is 40.1 Å². The van der Waals surface area contributed by atoms with Gasteiger partial charge in [-0.25, -0.2) is 0 Å². The Balaban J connectivity index is 2.17. The van der Waals surface area contributed by atoms with E-state index in [9.17, 15) is 4.79 Å². The van der Waals surface area contributed by atoms with Crippen LogP contribution in [0.1, 0.15) is 51.5 Å². The molecule has 0 saturated carbocycles. The lowest BCUT2D eigenvalue weighted by Crippen LogP contribution is -2.18. The van der Waals surface area contributed by atoms with Gasteiger partial charge in [-0.15, -0.1) is 11.8 Å². The Morgan fingerprint density at radius 2 is 2.05 bits per heavy atom. The predicted octanol–water partition coefficient (Wildman–Crippen LogP) is 5.91. The summed E-state index contributed by atoms with van der Waals surface area (Å²) in [6.45, 7) is 6.70. The highest BCUT2D eigenvalue weighted by Gasteiger charge is 2.20. The zero-order valence-electron chi connectivity index (χ0n) is 13.5. The second-order valence-corrected chi connectivity index (χ2v) is 8.70. The van der Waals surface area contributed by atoms with Crippen LogP contribution >= 0.6 is 27.7 Å². The van der Waals surface area contributed by atoms with Crippen molar-refractivity contribution in [2.24, 2.45) is 5.92 Å². The molecule has 0 spiro atoms. The fourth-order valence-electron chi connectivity index (χ4n) is 2.87. The summed E-state index contributed by atoms with van der Waals surface area (Å²) < 4.78 is 0.990. The molecule has 0 aliphatic carbocycles. The van der Waals surface area contributed by atoms with Gasteiger partial charge in [0.05, 0.1) is 3.81 Å². The molecule has 1 atom stereocenters. The summed E-state index contributed by atoms with van der Waals surface area (Å²) in [5, 5.41) is 3.12. The van der Waals surface area contributed by atoms with E-state index in [2.05, 4.69) is 48.1 Å². The highest BCUT2D eigenvalue weighted by Crippen LogP contribution is 2.35. The van der Waals surface area contributed by atoms with E-state index in [-0.39, 0.29) is 5.91 Å². The van der Waals surface area contributed by atoms with Crippen molar-refractivity contribution >= 4 is 39.3 Å². The quantitative estimate of drug-likeness (QED) is 0.686. The number of anilines is 1. The first-order valence-corrected chi connectivity index (χ1v) is 9.68. The topological polar surface area (TPSA) is 29.1 Å². The van der Waals surface area contributed by atoms with Gasteiger partial charge in [0.2, 0.25) is 0 Å². The molecule has 0 saturated heterocycles. The van der Waals surface area contributed by atoms with E-state index in [1.54, 1.807) is 11.8 Å². The van der Waals surface area contributed by atoms with Crippen molar-refractivity contribution in [3.05, 3.63) is 39.2 Å². The minimum absolute atomic E-state index is 0.0308. The van der Waals surface area contributed by atoms with Crippen molar-refractivity contribution in [2.45, 2.75) is 46.0 Å². The fraction of sp³-hybridized carbons (Fsp3) is 0.500. The summed E-state index contributed by atoms with van der Waals surface area (Å²) in [4.78, 5) is 12.6. The third kappa shape index (κ3) is 4.63. The normalized spacial score (nSPS) is 16.8. The van der Waals surface area contributed by atoms with Gasteiger partial charge in [0.1, 0.15) is 0 Å². The molecule has 1 aromatic carbocycles. The SMILES string of the molecule is CC(C)CC(C)c1ccccc1NC(=O)C1=C(Br)SCCC1. The monoisotopic (exact) mass is 381 g/mol. The number of amides is 1. The molecule has 2 nitrogen and oxygen atoms in total. The molecular weight excluding hydrogens is 358 g/mol. The summed E-state index contributed by atoms with van der Waals surface area (Å²) in [6, 6.07) is 8.17. The number of halogens is 1. The molecular formula is C18H24BrNOS. The Kier molecular flexibility index (Phi) is 6.57. The van der Waals surface area contributed by atoms with Crippen molar-refractivity contribution in [1.29, 1.82) is 0 Å². The first-order valence-electron chi connectivity index (χ1n) is 7.90. The van der Waals surface area contributed by atoms with Gasteiger partial charge in [0, 0.05) is 11.3 Å². The summed E-state index contributed by atoms with van der Waals surface area (Å²) in [5.41, 5.74) is 3.05. The molecule has 1 aromatic rings. The fourth-order valence-corrected chi connectivity index (χ4v) is 4.57. The highest BCUT2D eigenvalue weighted by atomic mass is 79.9. The van der Waals surface area contributed by atoms with Crippen molar-refractivity contribution in [2.75, 3.05) is 11.1 Å². The van der Waals surface area contributed by atoms with Crippen molar-refractivity contribution in [3.63, 3.8) is 0 Å². The van der Waals surface area contributed by atoms with Crippen molar-refractivity contribution < 1.29 is 4.79 Å². The van der Waals surface area contributed by atoms with Crippen LogP contribution in [0.25, 0.3) is 0 Å². The molecule has 1 unspecified atom stereocenters. The van der Waals surface area contributed by atoms with Gasteiger partial charge < -0.3 is 5.32 Å². The molecule has 1 heterocycles. The van der Waals surface area contributed by atoms with Gasteiger partial charge in [-0.2, -0.15) is 0 Å². The van der Waals surface area contributed by atoms with E-state index in [1.165, 1.54) is 5.56 Å². The first-order chi connectivity index (χ1) is 10.5. The molecule has 1 amide bonds. The number of para-hydroxylation sites is 1. The Bertz CT molecular complexity index is 568. The van der Waals surface area contributed by atoms with Crippen LogP contribution in [0.4, 0.5) is 5.69 Å². The van der Waals surface area contributed by atoms with Crippen LogP contribution in [-0.4, -0.2) is 11.7 Å². The zero-order valence-corrected chi connectivity index (χ0v) is 15.9. The van der Waals surface area contributed by atoms with E-state index in [4.69, 9.17) is 0 Å². The van der Waals surface area contributed by atoms with Crippen molar-refractivity contribution in [3.8, 4) is 0 Å². The Morgan fingerprint density at radius 1 is 1.32 bits per heavy atom. The zero-order chi connectivity index (χ0) is 16.1. The van der Waals surface area contributed by atoms with Gasteiger partial charge in [0.25, 0.3) is 5.91 Å². The number of thioether (sulfide) groups is 1. The minimum Gasteiger partial charge on any atom is -0.322 e. The highest BCUT2D eigenvalue weighted by molar-refractivity contribution is 9.14. The van der Waals surface area contributed by atoms with Crippen LogP contribution in [0, 0.1) is 5.92 Å². The summed E-state index contributed by atoms with van der Waals surface area (Å²) in [5.74, 6) is 2.20. The molecule has 0 aromatic heterocycles. The molecule has 0 fully saturated rings. The molecule has 120 valence electrons. The van der Waals surface area contributed by atoms with Gasteiger partial charge in [0.15, 0.2) is 0 Å². The molecule has 0 bridgehead atoms. The van der Waals surface area contributed by atoms with Crippen LogP contribution in [0.5, 0.6) is 0 Å². The second kappa shape index (κ2) is 8.21. The number of carbonyl (C=O) groups is 1. The van der Waals surface area contributed by atoms with Crippen molar-refractivity contribution in [1.82, 2.24) is 0 Å². The molecule has 0 radical (unpaired) electrons. The van der Waals surface area contributed by atoms with Crippen LogP contribution < -0.4 is 5.32 Å². The number of hydrogen-bond donors (Lipinski definition) is 1. The third-order valence-electron chi connectivity index (χ3n) is 3.88. The van der Waals surface area contributed by atoms with E-state index < -0.39 is 0 Å². The lowest BCUT2D eigenvalue weighted by molar-refractivity contribution is -0.113. The average molecular weight is 382 g/mol. The molecule has 4 heteroatoms. The van der Waals surface area contributed by atoms with Gasteiger partial charge >= 0.3 is 0 Å². The average Bonchev–Trinajstić information content (AvgIpc) is 2.47. The Morgan fingerprint density at radius 3 is 2.73 bits per heavy atom. The number of nitrogens with one attached hydrogen (secondary N) is 1. The maximum atomic E-state index is 12.6. The molecule has 1 aliphatic rings. The van der Waals surface area contributed by atoms with Crippen LogP contribution in [0.3, 0.4) is 0 Å². The summed E-state index contributed by atoms with van der Waals surface area (Å²) in [7, 11) is 0. The molecule has 22 heavy (non-hydrogen) atoms. The Hall–Kier alpha value is -0.740. The second-order valence-electron chi connectivity index (χ2n) is 6.28. The lowest BCUT2D eigenvalue weighted by Gasteiger charge is -2.20. The maximum Gasteiger partial charge on any atom is 0.253 e. The minimum atomic E-state index is 0.0308. The van der Waals surface area contributed by atoms with Crippen LogP contribution in [-0.2, 0) is 4.79 Å². The first kappa shape index (κ1) is 17.6. The number of carbonyl (C=O) groups excluding carboxylic acids is 1. The van der Waals surface area contributed by atoms with E-state index in [0.29, 0.717) is 11.8 Å². The molecule has 1 N–H and O–H groups in total. The lowest BCUT2D eigenvalue weighted by atomic mass is 9.91. The van der Waals surface area contributed by atoms with E-state index >= 15 is 0 Å². The molecule has 2 rings (SSSR count). The van der Waals surface area contributed by atoms with Crippen LogP contribution in [0.2, 0.25) is 0 Å². The smallest absolute Gasteiger partial charge is 0.253 e. The summed E-state index contributed by atoms with van der Waals surface area (Å²) >= 11 is 5.25. The summed E-state index contributed by atoms with van der Waals surface area (Å²) in [6.07, 6.45) is 3.03. The number of rotatable bonds is 5. The molecule has 1 aliphatic heterocycles. The third-order valence-corrected chi connectivity index (χ3v) is 6.03. The predicted molar refractivity (Wildman–Crippen MR) is 101 cm³/mol. The van der Waals surface area contributed by atoms with Crippen LogP contribution in [0.15, 0.2) is 33.7 Å². The van der Waals surface area contributed by atoms with Gasteiger partial charge in [-0.1, -0.05) is 39.0 Å². The van der Waals surface area contributed by atoms with E-state index in [1.807, 2.05) is 18.2 Å². The number of benzene rings is 1.